The molecule has 3 aromatic carbocycles. The van der Waals surface area contributed by atoms with Gasteiger partial charge in [-0.15, -0.1) is 0 Å². The lowest BCUT2D eigenvalue weighted by molar-refractivity contribution is -0.114. The van der Waals surface area contributed by atoms with E-state index in [2.05, 4.69) is 34.9 Å². The fraction of sp³-hybridized carbons (Fsp3) is 0.592. The number of hydrogen-bond acceptors (Lipinski definition) is 16. The summed E-state index contributed by atoms with van der Waals surface area (Å²) in [7, 11) is 0. The van der Waals surface area contributed by atoms with E-state index in [0.29, 0.717) is 177 Å². The number of rotatable bonds is 43. The molecule has 0 atom stereocenters. The van der Waals surface area contributed by atoms with E-state index in [4.69, 9.17) is 66.3 Å². The van der Waals surface area contributed by atoms with E-state index in [9.17, 15) is 9.59 Å². The Hall–Kier alpha value is -4.28. The predicted octanol–water partition coefficient (Wildman–Crippen LogP) is 4.76. The first-order valence-electron chi connectivity index (χ1n) is 23.1. The number of nitrogens with one attached hydrogen (secondary N) is 2. The number of ether oxygens (including phenoxy) is 14. The van der Waals surface area contributed by atoms with Crippen LogP contribution in [0.3, 0.4) is 0 Å². The highest BCUT2D eigenvalue weighted by Gasteiger charge is 2.29. The molecule has 4 rings (SSSR count). The molecule has 0 spiro atoms. The summed E-state index contributed by atoms with van der Waals surface area (Å²) in [5.74, 6) is 0.629. The number of amides is 2. The molecular formula is C49H72N2O16. The molecule has 0 fully saturated rings. The number of alkyl carbamates (subject to hydrolysis) is 1. The molecule has 0 radical (unpaired) electrons. The second kappa shape index (κ2) is 37.7. The number of carbonyl (C=O) groups is 2. The monoisotopic (exact) mass is 944 g/mol. The van der Waals surface area contributed by atoms with Crippen LogP contribution < -0.4 is 15.4 Å². The zero-order chi connectivity index (χ0) is 47.1. The van der Waals surface area contributed by atoms with Crippen molar-refractivity contribution in [2.45, 2.75) is 12.8 Å². The van der Waals surface area contributed by atoms with Crippen LogP contribution in [0.2, 0.25) is 0 Å². The van der Waals surface area contributed by atoms with Crippen LogP contribution in [0.25, 0.3) is 11.1 Å². The standard InChI is InChI=1S/C49H72N2O16/c1-41(52)51-42-10-12-43(13-11-42)66-39-38-65-37-36-64-35-34-63-33-32-62-31-30-61-29-28-60-27-26-59-25-24-58-23-22-57-21-20-56-19-18-55-17-16-54-15-14-50-49(53)67-40-48-46-8-4-2-6-44(46)45-7-3-5-9-47(45)48/h2-13,48H,14-40H2,1H3,(H,50,53)(H,51,52). The van der Waals surface area contributed by atoms with Crippen LogP contribution in [-0.4, -0.2) is 190 Å². The van der Waals surface area contributed by atoms with E-state index in [0.717, 1.165) is 5.69 Å². The quantitative estimate of drug-likeness (QED) is 0.0739. The summed E-state index contributed by atoms with van der Waals surface area (Å²) >= 11 is 0. The van der Waals surface area contributed by atoms with Crippen molar-refractivity contribution < 1.29 is 75.9 Å². The molecule has 0 heterocycles. The summed E-state index contributed by atoms with van der Waals surface area (Å²) in [6, 6.07) is 23.7. The molecule has 0 bridgehead atoms. The van der Waals surface area contributed by atoms with Crippen molar-refractivity contribution in [1.82, 2.24) is 5.32 Å². The van der Waals surface area contributed by atoms with Crippen molar-refractivity contribution in [2.75, 3.05) is 184 Å². The highest BCUT2D eigenvalue weighted by molar-refractivity contribution is 5.88. The Morgan fingerprint density at radius 1 is 0.418 bits per heavy atom. The molecule has 0 aromatic heterocycles. The van der Waals surface area contributed by atoms with E-state index in [1.807, 2.05) is 24.3 Å². The molecule has 2 amide bonds. The molecule has 374 valence electrons. The van der Waals surface area contributed by atoms with Gasteiger partial charge < -0.3 is 76.9 Å². The average Bonchev–Trinajstić information content (AvgIpc) is 3.66. The number of carbonyl (C=O) groups excluding carboxylic acids is 2. The Labute approximate surface area is 395 Å². The van der Waals surface area contributed by atoms with Gasteiger partial charge in [-0.3, -0.25) is 4.79 Å². The van der Waals surface area contributed by atoms with Gasteiger partial charge in [0.05, 0.1) is 159 Å². The third-order valence-corrected chi connectivity index (χ3v) is 9.62. The summed E-state index contributed by atoms with van der Waals surface area (Å²) in [5, 5.41) is 5.46. The highest BCUT2D eigenvalue weighted by Crippen LogP contribution is 2.44. The number of fused-ring (bicyclic) bond motifs is 3. The van der Waals surface area contributed by atoms with Crippen LogP contribution >= 0.6 is 0 Å². The van der Waals surface area contributed by atoms with Gasteiger partial charge in [-0.2, -0.15) is 0 Å². The molecule has 1 aliphatic carbocycles. The van der Waals surface area contributed by atoms with E-state index in [1.165, 1.54) is 29.2 Å². The van der Waals surface area contributed by atoms with Crippen LogP contribution in [0.15, 0.2) is 72.8 Å². The number of hydrogen-bond donors (Lipinski definition) is 2. The minimum atomic E-state index is -0.457. The van der Waals surface area contributed by atoms with E-state index < -0.39 is 6.09 Å². The van der Waals surface area contributed by atoms with Gasteiger partial charge in [-0.05, 0) is 46.5 Å². The second-order valence-electron chi connectivity index (χ2n) is 14.7. The van der Waals surface area contributed by atoms with Gasteiger partial charge in [0.1, 0.15) is 19.0 Å². The summed E-state index contributed by atoms with van der Waals surface area (Å²) in [6.07, 6.45) is -0.457. The molecule has 1 aliphatic rings. The molecular weight excluding hydrogens is 873 g/mol. The maximum absolute atomic E-state index is 12.3. The maximum atomic E-state index is 12.3. The first-order valence-corrected chi connectivity index (χ1v) is 23.1. The normalized spacial score (nSPS) is 12.0. The Kier molecular flexibility index (Phi) is 31.1. The first-order chi connectivity index (χ1) is 33.1. The zero-order valence-corrected chi connectivity index (χ0v) is 39.1. The van der Waals surface area contributed by atoms with Gasteiger partial charge in [-0.25, -0.2) is 4.79 Å². The van der Waals surface area contributed by atoms with E-state index >= 15 is 0 Å². The van der Waals surface area contributed by atoms with Crippen LogP contribution in [-0.2, 0) is 66.4 Å². The van der Waals surface area contributed by atoms with Crippen LogP contribution in [0, 0.1) is 0 Å². The summed E-state index contributed by atoms with van der Waals surface area (Å²) in [5.41, 5.74) is 5.48. The Balaban J connectivity index is 0.752. The van der Waals surface area contributed by atoms with Crippen molar-refractivity contribution in [3.63, 3.8) is 0 Å². The van der Waals surface area contributed by atoms with Crippen molar-refractivity contribution in [2.24, 2.45) is 0 Å². The minimum Gasteiger partial charge on any atom is -0.491 e. The fourth-order valence-electron chi connectivity index (χ4n) is 6.45. The molecule has 18 heteroatoms. The van der Waals surface area contributed by atoms with Gasteiger partial charge in [-0.1, -0.05) is 48.5 Å². The van der Waals surface area contributed by atoms with Crippen molar-refractivity contribution in [1.29, 1.82) is 0 Å². The van der Waals surface area contributed by atoms with Gasteiger partial charge in [0, 0.05) is 25.1 Å². The third-order valence-electron chi connectivity index (χ3n) is 9.62. The lowest BCUT2D eigenvalue weighted by atomic mass is 9.98. The summed E-state index contributed by atoms with van der Waals surface area (Å²) in [6.45, 7) is 13.7. The van der Waals surface area contributed by atoms with Crippen molar-refractivity contribution in [3.05, 3.63) is 83.9 Å². The molecule has 18 nitrogen and oxygen atoms in total. The highest BCUT2D eigenvalue weighted by atomic mass is 16.6. The molecule has 0 aliphatic heterocycles. The fourth-order valence-corrected chi connectivity index (χ4v) is 6.45. The predicted molar refractivity (Wildman–Crippen MR) is 249 cm³/mol. The molecule has 0 saturated heterocycles. The zero-order valence-electron chi connectivity index (χ0n) is 39.1. The lowest BCUT2D eigenvalue weighted by Crippen LogP contribution is -2.29. The summed E-state index contributed by atoms with van der Waals surface area (Å²) in [4.78, 5) is 23.3. The number of benzene rings is 3. The Bertz CT molecular complexity index is 1660. The smallest absolute Gasteiger partial charge is 0.407 e. The van der Waals surface area contributed by atoms with Gasteiger partial charge in [0.2, 0.25) is 5.91 Å². The largest absolute Gasteiger partial charge is 0.491 e. The second-order valence-corrected chi connectivity index (χ2v) is 14.7. The summed E-state index contributed by atoms with van der Waals surface area (Å²) < 4.78 is 77.3. The molecule has 0 unspecified atom stereocenters. The van der Waals surface area contributed by atoms with Crippen molar-refractivity contribution >= 4 is 17.7 Å². The molecule has 3 aromatic rings. The van der Waals surface area contributed by atoms with Crippen molar-refractivity contribution in [3.8, 4) is 16.9 Å². The first kappa shape index (κ1) is 55.3. The average molecular weight is 945 g/mol. The van der Waals surface area contributed by atoms with E-state index in [1.54, 1.807) is 24.3 Å². The minimum absolute atomic E-state index is 0.0306. The Morgan fingerprint density at radius 3 is 1.10 bits per heavy atom. The third kappa shape index (κ3) is 26.2. The van der Waals surface area contributed by atoms with E-state index in [-0.39, 0.29) is 18.4 Å². The van der Waals surface area contributed by atoms with Gasteiger partial charge in [0.25, 0.3) is 0 Å². The number of anilines is 1. The van der Waals surface area contributed by atoms with Gasteiger partial charge in [0.15, 0.2) is 0 Å². The molecule has 2 N–H and O–H groups in total. The molecule has 0 saturated carbocycles. The Morgan fingerprint density at radius 2 is 0.746 bits per heavy atom. The maximum Gasteiger partial charge on any atom is 0.407 e. The van der Waals surface area contributed by atoms with Crippen LogP contribution in [0.1, 0.15) is 24.0 Å². The van der Waals surface area contributed by atoms with Crippen LogP contribution in [0.4, 0.5) is 10.5 Å². The molecule has 67 heavy (non-hydrogen) atoms. The lowest BCUT2D eigenvalue weighted by Gasteiger charge is -2.14. The SMILES string of the molecule is CC(=O)Nc1ccc(OCCOCCOCCOCCOCCOCCOCCOCCOCCOCCOCCOCCOCCNC(=O)OCC2c3ccccc3-c3ccccc32)cc1. The topological polar surface area (TPSA) is 187 Å². The van der Waals surface area contributed by atoms with Crippen LogP contribution in [0.5, 0.6) is 5.75 Å². The van der Waals surface area contributed by atoms with Gasteiger partial charge >= 0.3 is 6.09 Å².